The fourth-order valence-electron chi connectivity index (χ4n) is 2.54. The molecule has 0 spiro atoms. The maximum atomic E-state index is 11.9. The van der Waals surface area contributed by atoms with E-state index in [0.717, 1.165) is 30.8 Å². The molecule has 0 aliphatic rings. The Bertz CT molecular complexity index is 669. The van der Waals surface area contributed by atoms with Crippen molar-refractivity contribution in [2.45, 2.75) is 33.5 Å². The van der Waals surface area contributed by atoms with E-state index in [4.69, 9.17) is 11.6 Å². The maximum Gasteiger partial charge on any atom is 0.315 e. The summed E-state index contributed by atoms with van der Waals surface area (Å²) in [6.07, 6.45) is 0. The third kappa shape index (κ3) is 6.77. The van der Waals surface area contributed by atoms with Crippen LogP contribution in [0, 0.1) is 0 Å². The molecule has 0 bridgehead atoms. The Morgan fingerprint density at radius 3 is 2.12 bits per heavy atom. The lowest BCUT2D eigenvalue weighted by Crippen LogP contribution is -2.34. The highest BCUT2D eigenvalue weighted by Gasteiger charge is 2.03. The van der Waals surface area contributed by atoms with Gasteiger partial charge in [0.15, 0.2) is 0 Å². The number of carbonyl (C=O) groups is 1. The molecule has 0 aromatic heterocycles. The summed E-state index contributed by atoms with van der Waals surface area (Å²) in [6, 6.07) is 15.7. The number of amides is 2. The molecule has 0 aliphatic carbocycles. The third-order valence-electron chi connectivity index (χ3n) is 4.12. The van der Waals surface area contributed by atoms with E-state index in [1.807, 2.05) is 24.3 Å². The van der Waals surface area contributed by atoms with Crippen molar-refractivity contribution in [3.05, 3.63) is 70.2 Å². The van der Waals surface area contributed by atoms with Gasteiger partial charge in [-0.1, -0.05) is 61.8 Å². The summed E-state index contributed by atoms with van der Waals surface area (Å²) in [6.45, 7) is 8.36. The third-order valence-corrected chi connectivity index (χ3v) is 4.35. The zero-order chi connectivity index (χ0) is 18.1. The molecule has 0 saturated carbocycles. The lowest BCUT2D eigenvalue weighted by Gasteiger charge is -2.18. The SMILES string of the molecule is CCN(CC)Cc1ccc(CNC(=O)NCc2cccc(Cl)c2)cc1. The topological polar surface area (TPSA) is 44.4 Å². The van der Waals surface area contributed by atoms with E-state index in [2.05, 4.69) is 53.6 Å². The molecule has 134 valence electrons. The smallest absolute Gasteiger partial charge is 0.315 e. The van der Waals surface area contributed by atoms with Gasteiger partial charge in [-0.3, -0.25) is 4.90 Å². The molecule has 0 saturated heterocycles. The number of urea groups is 1. The molecule has 0 heterocycles. The lowest BCUT2D eigenvalue weighted by atomic mass is 10.1. The minimum absolute atomic E-state index is 0.188. The minimum Gasteiger partial charge on any atom is -0.334 e. The number of rotatable bonds is 8. The van der Waals surface area contributed by atoms with E-state index >= 15 is 0 Å². The highest BCUT2D eigenvalue weighted by molar-refractivity contribution is 6.30. The Hall–Kier alpha value is -2.04. The average Bonchev–Trinajstić information content (AvgIpc) is 2.63. The normalized spacial score (nSPS) is 10.7. The first-order chi connectivity index (χ1) is 12.1. The molecule has 5 heteroatoms. The molecule has 0 radical (unpaired) electrons. The van der Waals surface area contributed by atoms with Crippen LogP contribution in [0.2, 0.25) is 5.02 Å². The monoisotopic (exact) mass is 359 g/mol. The van der Waals surface area contributed by atoms with Crippen LogP contribution in [-0.4, -0.2) is 24.0 Å². The highest BCUT2D eigenvalue weighted by atomic mass is 35.5. The van der Waals surface area contributed by atoms with Gasteiger partial charge in [-0.15, -0.1) is 0 Å². The first-order valence-electron chi connectivity index (χ1n) is 8.67. The van der Waals surface area contributed by atoms with Gasteiger partial charge in [-0.05, 0) is 41.9 Å². The standard InChI is InChI=1S/C20H26ClN3O/c1-3-24(4-2)15-17-10-8-16(9-11-17)13-22-20(25)23-14-18-6-5-7-19(21)12-18/h5-12H,3-4,13-15H2,1-2H3,(H2,22,23,25). The summed E-state index contributed by atoms with van der Waals surface area (Å²) in [4.78, 5) is 14.3. The first kappa shape index (κ1) is 19.3. The molecule has 0 aliphatic heterocycles. The number of halogens is 1. The number of hydrogen-bond acceptors (Lipinski definition) is 2. The molecule has 4 nitrogen and oxygen atoms in total. The van der Waals surface area contributed by atoms with E-state index in [9.17, 15) is 4.79 Å². The van der Waals surface area contributed by atoms with Gasteiger partial charge in [0, 0.05) is 24.7 Å². The molecule has 0 atom stereocenters. The predicted molar refractivity (Wildman–Crippen MR) is 104 cm³/mol. The Kier molecular flexibility index (Phi) is 7.76. The van der Waals surface area contributed by atoms with Crippen molar-refractivity contribution in [2.24, 2.45) is 0 Å². The molecule has 0 fully saturated rings. The second kappa shape index (κ2) is 10.1. The van der Waals surface area contributed by atoms with Gasteiger partial charge in [0.05, 0.1) is 0 Å². The molecule has 2 aromatic carbocycles. The van der Waals surface area contributed by atoms with Gasteiger partial charge in [0.1, 0.15) is 0 Å². The Morgan fingerprint density at radius 1 is 0.920 bits per heavy atom. The van der Waals surface area contributed by atoms with Crippen LogP contribution in [-0.2, 0) is 19.6 Å². The number of benzene rings is 2. The van der Waals surface area contributed by atoms with Crippen molar-refractivity contribution < 1.29 is 4.79 Å². The molecule has 25 heavy (non-hydrogen) atoms. The molecular weight excluding hydrogens is 334 g/mol. The summed E-state index contributed by atoms with van der Waals surface area (Å²) in [7, 11) is 0. The van der Waals surface area contributed by atoms with Gasteiger partial charge in [0.25, 0.3) is 0 Å². The van der Waals surface area contributed by atoms with Crippen molar-refractivity contribution >= 4 is 17.6 Å². The van der Waals surface area contributed by atoms with Crippen molar-refractivity contribution in [1.82, 2.24) is 15.5 Å². The molecule has 2 N–H and O–H groups in total. The molecule has 2 rings (SSSR count). The van der Waals surface area contributed by atoms with E-state index < -0.39 is 0 Å². The van der Waals surface area contributed by atoms with E-state index in [1.54, 1.807) is 0 Å². The zero-order valence-corrected chi connectivity index (χ0v) is 15.6. The Labute approximate surface area is 155 Å². The van der Waals surface area contributed by atoms with Crippen LogP contribution in [0.5, 0.6) is 0 Å². The summed E-state index contributed by atoms with van der Waals surface area (Å²) in [5.41, 5.74) is 3.35. The highest BCUT2D eigenvalue weighted by Crippen LogP contribution is 2.10. The van der Waals surface area contributed by atoms with E-state index in [-0.39, 0.29) is 6.03 Å². The van der Waals surface area contributed by atoms with Crippen molar-refractivity contribution in [1.29, 1.82) is 0 Å². The molecule has 2 aromatic rings. The van der Waals surface area contributed by atoms with Gasteiger partial charge < -0.3 is 10.6 Å². The van der Waals surface area contributed by atoms with Crippen LogP contribution < -0.4 is 10.6 Å². The fraction of sp³-hybridized carbons (Fsp3) is 0.350. The van der Waals surface area contributed by atoms with Crippen LogP contribution >= 0.6 is 11.6 Å². The quantitative estimate of drug-likeness (QED) is 0.742. The number of nitrogens with one attached hydrogen (secondary N) is 2. The summed E-state index contributed by atoms with van der Waals surface area (Å²) in [5.74, 6) is 0. The second-order valence-corrected chi connectivity index (χ2v) is 6.38. The van der Waals surface area contributed by atoms with E-state index in [0.29, 0.717) is 18.1 Å². The van der Waals surface area contributed by atoms with Crippen LogP contribution in [0.25, 0.3) is 0 Å². The fourth-order valence-corrected chi connectivity index (χ4v) is 2.75. The van der Waals surface area contributed by atoms with Gasteiger partial charge >= 0.3 is 6.03 Å². The lowest BCUT2D eigenvalue weighted by molar-refractivity contribution is 0.240. The first-order valence-corrected chi connectivity index (χ1v) is 9.04. The van der Waals surface area contributed by atoms with Crippen LogP contribution in [0.15, 0.2) is 48.5 Å². The molecule has 2 amide bonds. The average molecular weight is 360 g/mol. The molecular formula is C20H26ClN3O. The number of hydrogen-bond donors (Lipinski definition) is 2. The maximum absolute atomic E-state index is 11.9. The van der Waals surface area contributed by atoms with Crippen molar-refractivity contribution in [2.75, 3.05) is 13.1 Å². The number of carbonyl (C=O) groups excluding carboxylic acids is 1. The van der Waals surface area contributed by atoms with Crippen molar-refractivity contribution in [3.63, 3.8) is 0 Å². The largest absolute Gasteiger partial charge is 0.334 e. The summed E-state index contributed by atoms with van der Waals surface area (Å²) < 4.78 is 0. The van der Waals surface area contributed by atoms with Gasteiger partial charge in [-0.2, -0.15) is 0 Å². The van der Waals surface area contributed by atoms with Crippen LogP contribution in [0.4, 0.5) is 4.79 Å². The summed E-state index contributed by atoms with van der Waals surface area (Å²) >= 11 is 5.93. The minimum atomic E-state index is -0.188. The van der Waals surface area contributed by atoms with Gasteiger partial charge in [0.2, 0.25) is 0 Å². The van der Waals surface area contributed by atoms with Crippen molar-refractivity contribution in [3.8, 4) is 0 Å². The zero-order valence-electron chi connectivity index (χ0n) is 14.9. The number of nitrogens with zero attached hydrogens (tertiary/aromatic N) is 1. The second-order valence-electron chi connectivity index (χ2n) is 5.94. The van der Waals surface area contributed by atoms with E-state index in [1.165, 1.54) is 5.56 Å². The van der Waals surface area contributed by atoms with Crippen LogP contribution in [0.3, 0.4) is 0 Å². The summed E-state index contributed by atoms with van der Waals surface area (Å²) in [5, 5.41) is 6.38. The van der Waals surface area contributed by atoms with Gasteiger partial charge in [-0.25, -0.2) is 4.79 Å². The molecule has 0 unspecified atom stereocenters. The Morgan fingerprint density at radius 2 is 1.52 bits per heavy atom. The van der Waals surface area contributed by atoms with Crippen LogP contribution in [0.1, 0.15) is 30.5 Å². The Balaban J connectivity index is 1.75. The predicted octanol–water partition coefficient (Wildman–Crippen LogP) is 4.18.